The molecule has 0 saturated carbocycles. The molecular formula is C15H11BrN4O2S. The zero-order chi connectivity index (χ0) is 16.1. The van der Waals surface area contributed by atoms with Crippen molar-refractivity contribution in [2.75, 3.05) is 11.1 Å². The molecule has 1 amide bonds. The fraction of sp³-hybridized carbons (Fsp3) is 0.0667. The zero-order valence-electron chi connectivity index (χ0n) is 11.8. The van der Waals surface area contributed by atoms with Gasteiger partial charge in [-0.3, -0.25) is 9.78 Å². The third kappa shape index (κ3) is 4.40. The number of rotatable bonds is 5. The standard InChI is InChI=1S/C15H11BrN4O2S/c16-11-3-1-2-10(8-11)14-19-20-15(22-14)23-9-13(21)18-12-4-6-17-7-5-12/h1-8H,9H2,(H,17,18,21). The molecule has 23 heavy (non-hydrogen) atoms. The first-order valence-electron chi connectivity index (χ1n) is 6.63. The van der Waals surface area contributed by atoms with Crippen LogP contribution in [-0.2, 0) is 4.79 Å². The summed E-state index contributed by atoms with van der Waals surface area (Å²) in [6.45, 7) is 0. The van der Waals surface area contributed by atoms with Gasteiger partial charge >= 0.3 is 0 Å². The van der Waals surface area contributed by atoms with Gasteiger partial charge in [0.05, 0.1) is 5.75 Å². The van der Waals surface area contributed by atoms with Crippen LogP contribution < -0.4 is 5.32 Å². The summed E-state index contributed by atoms with van der Waals surface area (Å²) in [6.07, 6.45) is 3.23. The highest BCUT2D eigenvalue weighted by molar-refractivity contribution is 9.10. The van der Waals surface area contributed by atoms with Crippen molar-refractivity contribution < 1.29 is 9.21 Å². The maximum absolute atomic E-state index is 11.9. The number of pyridine rings is 1. The van der Waals surface area contributed by atoms with Crippen LogP contribution in [0.25, 0.3) is 11.5 Å². The molecule has 0 saturated heterocycles. The number of benzene rings is 1. The summed E-state index contributed by atoms with van der Waals surface area (Å²) >= 11 is 4.58. The summed E-state index contributed by atoms with van der Waals surface area (Å²) in [7, 11) is 0. The molecule has 3 aromatic rings. The Bertz CT molecular complexity index is 810. The van der Waals surface area contributed by atoms with E-state index in [1.165, 1.54) is 11.8 Å². The highest BCUT2D eigenvalue weighted by atomic mass is 79.9. The number of nitrogens with one attached hydrogen (secondary N) is 1. The first kappa shape index (κ1) is 15.7. The number of hydrogen-bond acceptors (Lipinski definition) is 6. The first-order valence-corrected chi connectivity index (χ1v) is 8.41. The predicted molar refractivity (Wildman–Crippen MR) is 91.0 cm³/mol. The van der Waals surface area contributed by atoms with Gasteiger partial charge in [0.15, 0.2) is 0 Å². The average Bonchev–Trinajstić information content (AvgIpc) is 3.03. The van der Waals surface area contributed by atoms with Crippen molar-refractivity contribution in [3.8, 4) is 11.5 Å². The van der Waals surface area contributed by atoms with Crippen LogP contribution >= 0.6 is 27.7 Å². The van der Waals surface area contributed by atoms with E-state index < -0.39 is 0 Å². The van der Waals surface area contributed by atoms with Crippen LogP contribution in [0.3, 0.4) is 0 Å². The molecule has 0 unspecified atom stereocenters. The van der Waals surface area contributed by atoms with Crippen LogP contribution in [-0.4, -0.2) is 26.8 Å². The van der Waals surface area contributed by atoms with Crippen LogP contribution in [0.5, 0.6) is 0 Å². The number of nitrogens with zero attached hydrogens (tertiary/aromatic N) is 3. The van der Waals surface area contributed by atoms with Crippen molar-refractivity contribution >= 4 is 39.3 Å². The summed E-state index contributed by atoms with van der Waals surface area (Å²) in [6, 6.07) is 11.0. The van der Waals surface area contributed by atoms with Gasteiger partial charge in [0.25, 0.3) is 5.22 Å². The van der Waals surface area contributed by atoms with E-state index >= 15 is 0 Å². The number of thioether (sulfide) groups is 1. The topological polar surface area (TPSA) is 80.9 Å². The van der Waals surface area contributed by atoms with E-state index in [2.05, 4.69) is 36.4 Å². The number of carbonyl (C=O) groups is 1. The summed E-state index contributed by atoms with van der Waals surface area (Å²) in [5, 5.41) is 11.0. The number of anilines is 1. The van der Waals surface area contributed by atoms with Gasteiger partial charge in [0.2, 0.25) is 11.8 Å². The third-order valence-corrected chi connectivity index (χ3v) is 4.08. The van der Waals surface area contributed by atoms with Gasteiger partial charge in [-0.2, -0.15) is 0 Å². The summed E-state index contributed by atoms with van der Waals surface area (Å²) < 4.78 is 6.48. The fourth-order valence-electron chi connectivity index (χ4n) is 1.77. The molecule has 0 atom stereocenters. The maximum atomic E-state index is 11.9. The predicted octanol–water partition coefficient (Wildman–Crippen LogP) is 3.62. The first-order chi connectivity index (χ1) is 11.2. The van der Waals surface area contributed by atoms with Crippen molar-refractivity contribution in [2.24, 2.45) is 0 Å². The van der Waals surface area contributed by atoms with Gasteiger partial charge in [-0.05, 0) is 30.3 Å². The SMILES string of the molecule is O=C(CSc1nnc(-c2cccc(Br)c2)o1)Nc1ccncc1. The number of amides is 1. The summed E-state index contributed by atoms with van der Waals surface area (Å²) in [5.41, 5.74) is 1.52. The second-order valence-electron chi connectivity index (χ2n) is 4.46. The number of hydrogen-bond donors (Lipinski definition) is 1. The lowest BCUT2D eigenvalue weighted by atomic mass is 10.2. The molecule has 0 aliphatic heterocycles. The Morgan fingerprint density at radius 1 is 1.22 bits per heavy atom. The van der Waals surface area contributed by atoms with Crippen molar-refractivity contribution in [2.45, 2.75) is 5.22 Å². The summed E-state index contributed by atoms with van der Waals surface area (Å²) in [4.78, 5) is 15.7. The molecule has 2 aromatic heterocycles. The van der Waals surface area contributed by atoms with Crippen molar-refractivity contribution in [1.29, 1.82) is 0 Å². The normalized spacial score (nSPS) is 10.5. The number of aromatic nitrogens is 3. The van der Waals surface area contributed by atoms with E-state index in [9.17, 15) is 4.79 Å². The molecule has 0 fully saturated rings. The van der Waals surface area contributed by atoms with Gasteiger partial charge in [-0.15, -0.1) is 10.2 Å². The Kier molecular flexibility index (Phi) is 5.04. The lowest BCUT2D eigenvalue weighted by Gasteiger charge is -2.02. The molecule has 0 aliphatic rings. The molecule has 0 spiro atoms. The smallest absolute Gasteiger partial charge is 0.277 e. The van der Waals surface area contributed by atoms with Crippen LogP contribution in [0, 0.1) is 0 Å². The lowest BCUT2D eigenvalue weighted by molar-refractivity contribution is -0.113. The van der Waals surface area contributed by atoms with E-state index in [0.717, 1.165) is 10.0 Å². The number of carbonyl (C=O) groups excluding carboxylic acids is 1. The Labute approximate surface area is 144 Å². The molecule has 0 aliphatic carbocycles. The lowest BCUT2D eigenvalue weighted by Crippen LogP contribution is -2.13. The monoisotopic (exact) mass is 390 g/mol. The van der Waals surface area contributed by atoms with E-state index in [0.29, 0.717) is 16.8 Å². The van der Waals surface area contributed by atoms with Gasteiger partial charge in [0, 0.05) is 28.1 Å². The molecule has 0 bridgehead atoms. The molecule has 116 valence electrons. The third-order valence-electron chi connectivity index (χ3n) is 2.77. The molecule has 2 heterocycles. The minimum atomic E-state index is -0.150. The Morgan fingerprint density at radius 3 is 2.83 bits per heavy atom. The maximum Gasteiger partial charge on any atom is 0.277 e. The van der Waals surface area contributed by atoms with Crippen LogP contribution in [0.4, 0.5) is 5.69 Å². The molecule has 6 nitrogen and oxygen atoms in total. The van der Waals surface area contributed by atoms with Crippen LogP contribution in [0.2, 0.25) is 0 Å². The molecular weight excluding hydrogens is 380 g/mol. The minimum Gasteiger partial charge on any atom is -0.411 e. The van der Waals surface area contributed by atoms with E-state index in [4.69, 9.17) is 4.42 Å². The van der Waals surface area contributed by atoms with E-state index in [1.54, 1.807) is 24.5 Å². The average molecular weight is 391 g/mol. The van der Waals surface area contributed by atoms with Gasteiger partial charge in [-0.25, -0.2) is 0 Å². The Balaban J connectivity index is 1.58. The highest BCUT2D eigenvalue weighted by Gasteiger charge is 2.11. The molecule has 8 heteroatoms. The van der Waals surface area contributed by atoms with E-state index in [1.807, 2.05) is 24.3 Å². The van der Waals surface area contributed by atoms with Crippen molar-refractivity contribution in [3.63, 3.8) is 0 Å². The van der Waals surface area contributed by atoms with Crippen LogP contribution in [0.15, 0.2) is 62.9 Å². The van der Waals surface area contributed by atoms with Gasteiger partial charge in [-0.1, -0.05) is 33.8 Å². The molecule has 0 radical (unpaired) electrons. The van der Waals surface area contributed by atoms with Crippen LogP contribution in [0.1, 0.15) is 0 Å². The largest absolute Gasteiger partial charge is 0.411 e. The van der Waals surface area contributed by atoms with Crippen molar-refractivity contribution in [1.82, 2.24) is 15.2 Å². The minimum absolute atomic E-state index is 0.150. The quantitative estimate of drug-likeness (QED) is 0.669. The van der Waals surface area contributed by atoms with Crippen molar-refractivity contribution in [3.05, 3.63) is 53.3 Å². The second kappa shape index (κ2) is 7.38. The molecule has 1 aromatic carbocycles. The van der Waals surface area contributed by atoms with Gasteiger partial charge < -0.3 is 9.73 Å². The van der Waals surface area contributed by atoms with Gasteiger partial charge in [0.1, 0.15) is 0 Å². The number of halogens is 1. The van der Waals surface area contributed by atoms with E-state index in [-0.39, 0.29) is 11.7 Å². The Morgan fingerprint density at radius 2 is 2.04 bits per heavy atom. The zero-order valence-corrected chi connectivity index (χ0v) is 14.2. The Hall–Kier alpha value is -2.19. The molecule has 3 rings (SSSR count). The molecule has 1 N–H and O–H groups in total. The summed E-state index contributed by atoms with van der Waals surface area (Å²) in [5.74, 6) is 0.453. The highest BCUT2D eigenvalue weighted by Crippen LogP contribution is 2.25. The fourth-order valence-corrected chi connectivity index (χ4v) is 2.73. The second-order valence-corrected chi connectivity index (χ2v) is 6.30.